The SMILES string of the molecule is COC(=O)CCCCC=C(c1cccnc1)c1cccc(Br)c1. The number of benzene rings is 1. The van der Waals surface area contributed by atoms with Crippen LogP contribution in [0.3, 0.4) is 0 Å². The van der Waals surface area contributed by atoms with Crippen LogP contribution in [0.15, 0.2) is 59.3 Å². The van der Waals surface area contributed by atoms with E-state index in [2.05, 4.69) is 49.9 Å². The highest BCUT2D eigenvalue weighted by molar-refractivity contribution is 9.10. The number of nitrogens with zero attached hydrogens (tertiary/aromatic N) is 1. The maximum absolute atomic E-state index is 11.1. The van der Waals surface area contributed by atoms with Crippen molar-refractivity contribution in [1.82, 2.24) is 4.98 Å². The van der Waals surface area contributed by atoms with E-state index in [1.807, 2.05) is 24.4 Å². The number of esters is 1. The van der Waals surface area contributed by atoms with Crippen molar-refractivity contribution in [2.75, 3.05) is 7.11 Å². The lowest BCUT2D eigenvalue weighted by Gasteiger charge is -2.09. The van der Waals surface area contributed by atoms with Gasteiger partial charge >= 0.3 is 5.97 Å². The van der Waals surface area contributed by atoms with Crippen LogP contribution in [0.5, 0.6) is 0 Å². The lowest BCUT2D eigenvalue weighted by molar-refractivity contribution is -0.140. The molecule has 0 aliphatic rings. The summed E-state index contributed by atoms with van der Waals surface area (Å²) in [6, 6.07) is 12.2. The fraction of sp³-hybridized carbons (Fsp3) is 0.263. The molecule has 0 aliphatic carbocycles. The van der Waals surface area contributed by atoms with E-state index in [0.717, 1.165) is 40.4 Å². The van der Waals surface area contributed by atoms with Gasteiger partial charge in [-0.15, -0.1) is 0 Å². The minimum Gasteiger partial charge on any atom is -0.469 e. The normalized spacial score (nSPS) is 11.3. The van der Waals surface area contributed by atoms with Crippen molar-refractivity contribution in [1.29, 1.82) is 0 Å². The summed E-state index contributed by atoms with van der Waals surface area (Å²) in [4.78, 5) is 15.4. The Hall–Kier alpha value is -1.94. The Balaban J connectivity index is 2.11. The van der Waals surface area contributed by atoms with Gasteiger partial charge < -0.3 is 4.74 Å². The molecule has 0 fully saturated rings. The monoisotopic (exact) mass is 373 g/mol. The van der Waals surface area contributed by atoms with Gasteiger partial charge in [0.15, 0.2) is 0 Å². The van der Waals surface area contributed by atoms with E-state index >= 15 is 0 Å². The predicted octanol–water partition coefficient (Wildman–Crippen LogP) is 5.01. The zero-order valence-corrected chi connectivity index (χ0v) is 14.8. The number of allylic oxidation sites excluding steroid dienone is 1. The quantitative estimate of drug-likeness (QED) is 0.505. The summed E-state index contributed by atoms with van der Waals surface area (Å²) in [6.45, 7) is 0. The Kier molecular flexibility index (Phi) is 7.01. The van der Waals surface area contributed by atoms with Crippen LogP contribution in [0.25, 0.3) is 5.57 Å². The molecule has 23 heavy (non-hydrogen) atoms. The summed E-state index contributed by atoms with van der Waals surface area (Å²) in [5.74, 6) is -0.145. The Morgan fingerprint density at radius 1 is 1.22 bits per heavy atom. The molecule has 0 amide bonds. The lowest BCUT2D eigenvalue weighted by Crippen LogP contribution is -1.99. The summed E-state index contributed by atoms with van der Waals surface area (Å²) in [5, 5.41) is 0. The van der Waals surface area contributed by atoms with E-state index in [1.54, 1.807) is 6.20 Å². The summed E-state index contributed by atoms with van der Waals surface area (Å²) >= 11 is 3.53. The fourth-order valence-corrected chi connectivity index (χ4v) is 2.74. The highest BCUT2D eigenvalue weighted by atomic mass is 79.9. The van der Waals surface area contributed by atoms with Crippen LogP contribution >= 0.6 is 15.9 Å². The van der Waals surface area contributed by atoms with Gasteiger partial charge in [0.25, 0.3) is 0 Å². The first-order valence-corrected chi connectivity index (χ1v) is 8.43. The molecule has 0 spiro atoms. The maximum Gasteiger partial charge on any atom is 0.305 e. The van der Waals surface area contributed by atoms with Gasteiger partial charge in [-0.3, -0.25) is 9.78 Å². The van der Waals surface area contributed by atoms with Gasteiger partial charge in [-0.05, 0) is 48.6 Å². The Bertz CT molecular complexity index is 668. The summed E-state index contributed by atoms with van der Waals surface area (Å²) in [5.41, 5.74) is 3.41. The Morgan fingerprint density at radius 3 is 2.74 bits per heavy atom. The molecule has 2 aromatic rings. The molecule has 0 N–H and O–H groups in total. The number of carbonyl (C=O) groups excluding carboxylic acids is 1. The van der Waals surface area contributed by atoms with Gasteiger partial charge in [-0.2, -0.15) is 0 Å². The highest BCUT2D eigenvalue weighted by Crippen LogP contribution is 2.26. The van der Waals surface area contributed by atoms with E-state index in [-0.39, 0.29) is 5.97 Å². The van der Waals surface area contributed by atoms with E-state index in [9.17, 15) is 4.79 Å². The van der Waals surface area contributed by atoms with Crippen molar-refractivity contribution in [2.45, 2.75) is 25.7 Å². The van der Waals surface area contributed by atoms with Crippen molar-refractivity contribution in [3.8, 4) is 0 Å². The van der Waals surface area contributed by atoms with Crippen molar-refractivity contribution in [3.63, 3.8) is 0 Å². The van der Waals surface area contributed by atoms with Gasteiger partial charge in [-0.1, -0.05) is 40.2 Å². The second kappa shape index (κ2) is 9.26. The largest absolute Gasteiger partial charge is 0.469 e. The molecule has 0 aliphatic heterocycles. The second-order valence-electron chi connectivity index (χ2n) is 5.19. The number of hydrogen-bond acceptors (Lipinski definition) is 3. The van der Waals surface area contributed by atoms with E-state index in [4.69, 9.17) is 0 Å². The van der Waals surface area contributed by atoms with Crippen molar-refractivity contribution in [3.05, 3.63) is 70.5 Å². The predicted molar refractivity (Wildman–Crippen MR) is 95.9 cm³/mol. The topological polar surface area (TPSA) is 39.2 Å². The van der Waals surface area contributed by atoms with Crippen LogP contribution in [0.4, 0.5) is 0 Å². The smallest absolute Gasteiger partial charge is 0.305 e. The van der Waals surface area contributed by atoms with E-state index in [1.165, 1.54) is 7.11 Å². The van der Waals surface area contributed by atoms with Gasteiger partial charge in [0.05, 0.1) is 7.11 Å². The minimum atomic E-state index is -0.145. The fourth-order valence-electron chi connectivity index (χ4n) is 2.34. The van der Waals surface area contributed by atoms with Crippen LogP contribution < -0.4 is 0 Å². The number of halogens is 1. The minimum absolute atomic E-state index is 0.145. The lowest BCUT2D eigenvalue weighted by atomic mass is 9.97. The number of hydrogen-bond donors (Lipinski definition) is 0. The van der Waals surface area contributed by atoms with Gasteiger partial charge in [0.1, 0.15) is 0 Å². The highest BCUT2D eigenvalue weighted by Gasteiger charge is 2.06. The molecular weight excluding hydrogens is 354 g/mol. The number of carbonyl (C=O) groups is 1. The first kappa shape index (κ1) is 17.4. The number of aromatic nitrogens is 1. The van der Waals surface area contributed by atoms with Crippen molar-refractivity contribution in [2.24, 2.45) is 0 Å². The summed E-state index contributed by atoms with van der Waals surface area (Å²) in [6.07, 6.45) is 9.04. The molecule has 0 radical (unpaired) electrons. The van der Waals surface area contributed by atoms with Gasteiger partial charge in [0, 0.05) is 28.9 Å². The molecular formula is C19H20BrNO2. The zero-order valence-electron chi connectivity index (χ0n) is 13.2. The maximum atomic E-state index is 11.1. The molecule has 0 saturated heterocycles. The number of ether oxygens (including phenoxy) is 1. The molecule has 0 unspecified atom stereocenters. The molecule has 0 atom stereocenters. The van der Waals surface area contributed by atoms with Crippen LogP contribution in [-0.4, -0.2) is 18.1 Å². The average Bonchev–Trinajstić information content (AvgIpc) is 2.58. The third-order valence-electron chi connectivity index (χ3n) is 3.52. The molecule has 2 rings (SSSR count). The molecule has 4 heteroatoms. The standard InChI is InChI=1S/C19H20BrNO2/c1-23-19(22)11-4-2-3-10-18(16-8-6-12-21-14-16)15-7-5-9-17(20)13-15/h5-10,12-14H,2-4,11H2,1H3. The third-order valence-corrected chi connectivity index (χ3v) is 4.01. The number of unbranched alkanes of at least 4 members (excludes halogenated alkanes) is 2. The van der Waals surface area contributed by atoms with Crippen LogP contribution in [0.2, 0.25) is 0 Å². The number of methoxy groups -OCH3 is 1. The van der Waals surface area contributed by atoms with Crippen molar-refractivity contribution < 1.29 is 9.53 Å². The molecule has 3 nitrogen and oxygen atoms in total. The third kappa shape index (κ3) is 5.64. The molecule has 1 aromatic carbocycles. The number of rotatable bonds is 7. The molecule has 120 valence electrons. The second-order valence-corrected chi connectivity index (χ2v) is 6.11. The average molecular weight is 374 g/mol. The Labute approximate surface area is 145 Å². The molecule has 0 bridgehead atoms. The first-order valence-electron chi connectivity index (χ1n) is 7.64. The summed E-state index contributed by atoms with van der Waals surface area (Å²) in [7, 11) is 1.43. The molecule has 0 saturated carbocycles. The van der Waals surface area contributed by atoms with Crippen LogP contribution in [0.1, 0.15) is 36.8 Å². The zero-order chi connectivity index (χ0) is 16.5. The van der Waals surface area contributed by atoms with E-state index < -0.39 is 0 Å². The van der Waals surface area contributed by atoms with Gasteiger partial charge in [-0.25, -0.2) is 0 Å². The summed E-state index contributed by atoms with van der Waals surface area (Å²) < 4.78 is 5.71. The van der Waals surface area contributed by atoms with Crippen LogP contribution in [-0.2, 0) is 9.53 Å². The Morgan fingerprint density at radius 2 is 2.04 bits per heavy atom. The van der Waals surface area contributed by atoms with Gasteiger partial charge in [0.2, 0.25) is 0 Å². The molecule has 1 aromatic heterocycles. The van der Waals surface area contributed by atoms with E-state index in [0.29, 0.717) is 6.42 Å². The number of pyridine rings is 1. The van der Waals surface area contributed by atoms with Crippen molar-refractivity contribution >= 4 is 27.5 Å². The first-order chi connectivity index (χ1) is 11.2. The molecule has 1 heterocycles. The van der Waals surface area contributed by atoms with Crippen LogP contribution in [0, 0.1) is 0 Å².